The van der Waals surface area contributed by atoms with Gasteiger partial charge in [-0.3, -0.25) is 4.79 Å². The van der Waals surface area contributed by atoms with Crippen LogP contribution in [0.25, 0.3) is 0 Å². The van der Waals surface area contributed by atoms with E-state index in [-0.39, 0.29) is 17.9 Å². The molecule has 7 heteroatoms. The van der Waals surface area contributed by atoms with Crippen LogP contribution >= 0.6 is 0 Å². The molecule has 0 spiro atoms. The minimum Gasteiger partial charge on any atom is -0.490 e. The summed E-state index contributed by atoms with van der Waals surface area (Å²) in [4.78, 5) is 26.0. The summed E-state index contributed by atoms with van der Waals surface area (Å²) in [6.07, 6.45) is 5.32. The van der Waals surface area contributed by atoms with Crippen LogP contribution in [0.3, 0.4) is 0 Å². The van der Waals surface area contributed by atoms with Gasteiger partial charge in [0.05, 0.1) is 7.11 Å². The van der Waals surface area contributed by atoms with Gasteiger partial charge in [-0.25, -0.2) is 4.98 Å². The van der Waals surface area contributed by atoms with Gasteiger partial charge in [0.15, 0.2) is 0 Å². The second kappa shape index (κ2) is 9.54. The molecule has 1 aromatic heterocycles. The number of piperidine rings is 2. The number of anilines is 1. The molecular weight excluding hydrogens is 392 g/mol. The number of nitrogens with zero attached hydrogens (tertiary/aromatic N) is 4. The number of rotatable bonds is 5. The molecule has 0 atom stereocenters. The summed E-state index contributed by atoms with van der Waals surface area (Å²) in [5.41, 5.74) is 2.52. The van der Waals surface area contributed by atoms with E-state index in [4.69, 9.17) is 9.47 Å². The average Bonchev–Trinajstić information content (AvgIpc) is 2.82. The van der Waals surface area contributed by atoms with E-state index in [1.54, 1.807) is 19.4 Å². The smallest absolute Gasteiger partial charge is 0.228 e. The van der Waals surface area contributed by atoms with Crippen LogP contribution in [0, 0.1) is 19.8 Å². The fourth-order valence-electron chi connectivity index (χ4n) is 4.36. The summed E-state index contributed by atoms with van der Waals surface area (Å²) in [5, 5.41) is 0. The van der Waals surface area contributed by atoms with Crippen molar-refractivity contribution in [2.45, 2.75) is 45.6 Å². The maximum atomic E-state index is 13.1. The molecule has 166 valence electrons. The lowest BCUT2D eigenvalue weighted by Gasteiger charge is -2.37. The van der Waals surface area contributed by atoms with Crippen LogP contribution in [-0.2, 0) is 4.79 Å². The summed E-state index contributed by atoms with van der Waals surface area (Å²) < 4.78 is 11.4. The summed E-state index contributed by atoms with van der Waals surface area (Å²) in [5.74, 6) is 2.54. The van der Waals surface area contributed by atoms with Crippen LogP contribution < -0.4 is 14.4 Å². The summed E-state index contributed by atoms with van der Waals surface area (Å²) in [6.45, 7) is 7.33. The number of carbonyl (C=O) groups is 1. The molecule has 0 N–H and O–H groups in total. The molecular formula is C24H32N4O3. The van der Waals surface area contributed by atoms with Crippen molar-refractivity contribution in [1.29, 1.82) is 0 Å². The zero-order valence-corrected chi connectivity index (χ0v) is 18.7. The van der Waals surface area contributed by atoms with E-state index in [1.807, 2.05) is 11.0 Å². The molecule has 2 aromatic rings. The zero-order valence-electron chi connectivity index (χ0n) is 18.7. The van der Waals surface area contributed by atoms with Gasteiger partial charge < -0.3 is 19.3 Å². The van der Waals surface area contributed by atoms with E-state index < -0.39 is 0 Å². The largest absolute Gasteiger partial charge is 0.490 e. The fraction of sp³-hybridized carbons (Fsp3) is 0.542. The van der Waals surface area contributed by atoms with Crippen molar-refractivity contribution >= 4 is 11.9 Å². The van der Waals surface area contributed by atoms with Gasteiger partial charge in [-0.2, -0.15) is 4.98 Å². The molecule has 0 saturated carbocycles. The van der Waals surface area contributed by atoms with Crippen LogP contribution in [-0.4, -0.2) is 60.2 Å². The van der Waals surface area contributed by atoms with Gasteiger partial charge in [0.1, 0.15) is 11.9 Å². The molecule has 4 rings (SSSR count). The van der Waals surface area contributed by atoms with Gasteiger partial charge >= 0.3 is 0 Å². The molecule has 2 saturated heterocycles. The molecule has 7 nitrogen and oxygen atoms in total. The van der Waals surface area contributed by atoms with Crippen molar-refractivity contribution in [3.8, 4) is 11.6 Å². The molecule has 3 heterocycles. The Bertz CT molecular complexity index is 903. The summed E-state index contributed by atoms with van der Waals surface area (Å²) in [6, 6.07) is 7.99. The van der Waals surface area contributed by atoms with Crippen molar-refractivity contribution in [2.75, 3.05) is 38.2 Å². The fourth-order valence-corrected chi connectivity index (χ4v) is 4.36. The average molecular weight is 425 g/mol. The maximum absolute atomic E-state index is 13.1. The van der Waals surface area contributed by atoms with Crippen LogP contribution in [0.1, 0.15) is 36.8 Å². The number of aryl methyl sites for hydroxylation is 2. The number of ether oxygens (including phenoxy) is 2. The monoisotopic (exact) mass is 424 g/mol. The summed E-state index contributed by atoms with van der Waals surface area (Å²) >= 11 is 0. The van der Waals surface area contributed by atoms with Crippen molar-refractivity contribution in [3.05, 3.63) is 41.6 Å². The Labute approximate surface area is 184 Å². The van der Waals surface area contributed by atoms with Crippen LogP contribution in [0.4, 0.5) is 5.95 Å². The van der Waals surface area contributed by atoms with Gasteiger partial charge in [-0.1, -0.05) is 6.07 Å². The van der Waals surface area contributed by atoms with Crippen molar-refractivity contribution in [1.82, 2.24) is 14.9 Å². The predicted molar refractivity (Wildman–Crippen MR) is 120 cm³/mol. The molecule has 0 radical (unpaired) electrons. The number of amides is 1. The second-order valence-electron chi connectivity index (χ2n) is 8.55. The van der Waals surface area contributed by atoms with Gasteiger partial charge in [-0.05, 0) is 49.9 Å². The third kappa shape index (κ3) is 5.09. The minimum absolute atomic E-state index is 0.0825. The third-order valence-corrected chi connectivity index (χ3v) is 6.49. The first-order chi connectivity index (χ1) is 15.0. The number of hydrogen-bond acceptors (Lipinski definition) is 6. The third-order valence-electron chi connectivity index (χ3n) is 6.49. The van der Waals surface area contributed by atoms with E-state index in [9.17, 15) is 4.79 Å². The van der Waals surface area contributed by atoms with Crippen LogP contribution in [0.2, 0.25) is 0 Å². The predicted octanol–water partition coefficient (Wildman–Crippen LogP) is 3.39. The highest BCUT2D eigenvalue weighted by Gasteiger charge is 2.32. The highest BCUT2D eigenvalue weighted by molar-refractivity contribution is 5.79. The molecule has 1 amide bonds. The second-order valence-corrected chi connectivity index (χ2v) is 8.55. The van der Waals surface area contributed by atoms with Crippen molar-refractivity contribution in [3.63, 3.8) is 0 Å². The Balaban J connectivity index is 1.25. The lowest BCUT2D eigenvalue weighted by molar-refractivity contribution is -0.138. The number of likely N-dealkylation sites (tertiary alicyclic amines) is 1. The Hall–Kier alpha value is -2.83. The lowest BCUT2D eigenvalue weighted by atomic mass is 9.94. The van der Waals surface area contributed by atoms with E-state index in [0.29, 0.717) is 11.8 Å². The van der Waals surface area contributed by atoms with Gasteiger partial charge in [0.25, 0.3) is 0 Å². The molecule has 0 unspecified atom stereocenters. The Morgan fingerprint density at radius 2 is 1.74 bits per heavy atom. The molecule has 2 aliphatic heterocycles. The van der Waals surface area contributed by atoms with E-state index in [0.717, 1.165) is 57.6 Å². The van der Waals surface area contributed by atoms with Crippen LogP contribution in [0.15, 0.2) is 30.5 Å². The van der Waals surface area contributed by atoms with E-state index >= 15 is 0 Å². The molecule has 1 aromatic carbocycles. The molecule has 2 aliphatic rings. The quantitative estimate of drug-likeness (QED) is 0.733. The highest BCUT2D eigenvalue weighted by atomic mass is 16.5. The Morgan fingerprint density at radius 1 is 1.00 bits per heavy atom. The molecule has 0 bridgehead atoms. The lowest BCUT2D eigenvalue weighted by Crippen LogP contribution is -2.47. The Morgan fingerprint density at radius 3 is 2.42 bits per heavy atom. The number of hydrogen-bond donors (Lipinski definition) is 0. The Kier molecular flexibility index (Phi) is 6.59. The zero-order chi connectivity index (χ0) is 21.8. The topological polar surface area (TPSA) is 67.8 Å². The first-order valence-corrected chi connectivity index (χ1v) is 11.2. The highest BCUT2D eigenvalue weighted by Crippen LogP contribution is 2.26. The van der Waals surface area contributed by atoms with Crippen molar-refractivity contribution in [2.24, 2.45) is 5.92 Å². The van der Waals surface area contributed by atoms with E-state index in [1.165, 1.54) is 11.1 Å². The van der Waals surface area contributed by atoms with Crippen molar-refractivity contribution < 1.29 is 14.3 Å². The SMILES string of the molecule is COc1ccnc(N2CCC(C(=O)N3CCC(Oc4ccc(C)c(C)c4)CC3)CC2)n1. The van der Waals surface area contributed by atoms with Gasteiger partial charge in [0, 0.05) is 57.2 Å². The molecule has 31 heavy (non-hydrogen) atoms. The first kappa shape index (κ1) is 21.4. The molecule has 0 aliphatic carbocycles. The first-order valence-electron chi connectivity index (χ1n) is 11.2. The normalized spacial score (nSPS) is 18.2. The number of methoxy groups -OCH3 is 1. The minimum atomic E-state index is 0.0825. The van der Waals surface area contributed by atoms with Gasteiger partial charge in [0.2, 0.25) is 17.7 Å². The molecule has 2 fully saturated rings. The maximum Gasteiger partial charge on any atom is 0.228 e. The standard InChI is InChI=1S/C24H32N4O3/c1-17-4-5-21(16-18(17)2)31-20-9-14-27(15-10-20)23(29)19-7-12-28(13-8-19)24-25-11-6-22(26-24)30-3/h4-6,11,16,19-20H,7-10,12-15H2,1-3H3. The summed E-state index contributed by atoms with van der Waals surface area (Å²) in [7, 11) is 1.60. The number of carbonyl (C=O) groups excluding carboxylic acids is 1. The van der Waals surface area contributed by atoms with Crippen LogP contribution in [0.5, 0.6) is 11.6 Å². The van der Waals surface area contributed by atoms with E-state index in [2.05, 4.69) is 40.8 Å². The van der Waals surface area contributed by atoms with Gasteiger partial charge in [-0.15, -0.1) is 0 Å². The number of benzene rings is 1. The number of aromatic nitrogens is 2.